The maximum atomic E-state index is 13.8. The van der Waals surface area contributed by atoms with E-state index in [1.165, 1.54) is 18.5 Å². The summed E-state index contributed by atoms with van der Waals surface area (Å²) in [4.78, 5) is 23.2. The number of urea groups is 1. The Morgan fingerprint density at radius 1 is 0.968 bits per heavy atom. The summed E-state index contributed by atoms with van der Waals surface area (Å²) in [5, 5.41) is 6.51. The first-order valence-electron chi connectivity index (χ1n) is 10.1. The van der Waals surface area contributed by atoms with E-state index < -0.39 is 0 Å². The fourth-order valence-corrected chi connectivity index (χ4v) is 3.98. The number of amides is 2. The molecular formula is C24H20FN5O. The predicted molar refractivity (Wildman–Crippen MR) is 120 cm³/mol. The Balaban J connectivity index is 1.38. The molecule has 0 saturated carbocycles. The van der Waals surface area contributed by atoms with Gasteiger partial charge in [0.25, 0.3) is 0 Å². The van der Waals surface area contributed by atoms with E-state index in [1.54, 1.807) is 6.07 Å². The number of carbonyl (C=O) groups is 1. The Hall–Kier alpha value is -4.00. The maximum Gasteiger partial charge on any atom is 0.323 e. The van der Waals surface area contributed by atoms with Crippen molar-refractivity contribution in [2.45, 2.75) is 13.0 Å². The number of nitrogens with one attached hydrogen (secondary N) is 2. The topological polar surface area (TPSA) is 70.2 Å². The summed E-state index contributed by atoms with van der Waals surface area (Å²) in [7, 11) is 0. The second-order valence-electron chi connectivity index (χ2n) is 7.42. The summed E-state index contributed by atoms with van der Waals surface area (Å²) < 4.78 is 13.8. The Labute approximate surface area is 178 Å². The van der Waals surface area contributed by atoms with Crippen molar-refractivity contribution in [1.82, 2.24) is 9.97 Å². The molecular weight excluding hydrogens is 393 g/mol. The van der Waals surface area contributed by atoms with Crippen LogP contribution in [0.5, 0.6) is 0 Å². The van der Waals surface area contributed by atoms with E-state index in [4.69, 9.17) is 0 Å². The van der Waals surface area contributed by atoms with E-state index in [-0.39, 0.29) is 11.8 Å². The minimum absolute atomic E-state index is 0.278. The van der Waals surface area contributed by atoms with Crippen molar-refractivity contribution in [2.24, 2.45) is 0 Å². The van der Waals surface area contributed by atoms with Crippen molar-refractivity contribution >= 4 is 34.1 Å². The lowest BCUT2D eigenvalue weighted by Gasteiger charge is -2.31. The van der Waals surface area contributed by atoms with Crippen molar-refractivity contribution in [3.63, 3.8) is 0 Å². The van der Waals surface area contributed by atoms with Crippen LogP contribution in [0.25, 0.3) is 10.9 Å². The first-order valence-corrected chi connectivity index (χ1v) is 10.1. The summed E-state index contributed by atoms with van der Waals surface area (Å²) in [6.07, 6.45) is 2.24. The predicted octanol–water partition coefficient (Wildman–Crippen LogP) is 4.98. The summed E-state index contributed by atoms with van der Waals surface area (Å²) in [5.74, 6) is 0.409. The molecule has 2 amide bonds. The van der Waals surface area contributed by atoms with E-state index >= 15 is 0 Å². The van der Waals surface area contributed by atoms with Gasteiger partial charge in [0, 0.05) is 29.9 Å². The lowest BCUT2D eigenvalue weighted by molar-refractivity contribution is 0.262. The summed E-state index contributed by atoms with van der Waals surface area (Å²) in [5.41, 5.74) is 4.45. The molecule has 3 aromatic carbocycles. The highest BCUT2D eigenvalue weighted by Gasteiger charge is 2.22. The normalized spacial score (nSPS) is 13.0. The molecule has 4 aromatic rings. The van der Waals surface area contributed by atoms with Crippen molar-refractivity contribution in [1.29, 1.82) is 0 Å². The molecule has 1 aromatic heterocycles. The van der Waals surface area contributed by atoms with Crippen molar-refractivity contribution in [2.75, 3.05) is 22.1 Å². The number of carbonyl (C=O) groups excluding carboxylic acids is 1. The lowest BCUT2D eigenvalue weighted by atomic mass is 9.97. The molecule has 5 rings (SSSR count). The van der Waals surface area contributed by atoms with Crippen molar-refractivity contribution < 1.29 is 9.18 Å². The molecule has 0 saturated heterocycles. The molecule has 2 N–H and O–H groups in total. The van der Waals surface area contributed by atoms with E-state index in [0.717, 1.165) is 34.7 Å². The monoisotopic (exact) mass is 413 g/mol. The van der Waals surface area contributed by atoms with Gasteiger partial charge in [-0.15, -0.1) is 0 Å². The number of rotatable bonds is 3. The lowest BCUT2D eigenvalue weighted by Crippen LogP contribution is -2.32. The molecule has 6 nitrogen and oxygen atoms in total. The second kappa shape index (κ2) is 8.02. The molecule has 0 unspecified atom stereocenters. The molecule has 0 radical (unpaired) electrons. The maximum absolute atomic E-state index is 13.8. The highest BCUT2D eigenvalue weighted by molar-refractivity contribution is 6.00. The first-order chi connectivity index (χ1) is 15.2. The third kappa shape index (κ3) is 3.90. The zero-order valence-electron chi connectivity index (χ0n) is 16.7. The van der Waals surface area contributed by atoms with Gasteiger partial charge in [-0.1, -0.05) is 30.3 Å². The van der Waals surface area contributed by atoms with Gasteiger partial charge in [-0.25, -0.2) is 19.2 Å². The van der Waals surface area contributed by atoms with Crippen LogP contribution >= 0.6 is 0 Å². The number of hydrogen-bond donors (Lipinski definition) is 2. The van der Waals surface area contributed by atoms with Gasteiger partial charge in [-0.3, -0.25) is 0 Å². The van der Waals surface area contributed by atoms with Gasteiger partial charge in [-0.2, -0.15) is 0 Å². The number of para-hydroxylation sites is 1. The molecule has 7 heteroatoms. The molecule has 154 valence electrons. The van der Waals surface area contributed by atoms with Crippen molar-refractivity contribution in [3.05, 3.63) is 90.0 Å². The van der Waals surface area contributed by atoms with Crippen LogP contribution in [0, 0.1) is 5.82 Å². The third-order valence-electron chi connectivity index (χ3n) is 5.42. The molecule has 0 atom stereocenters. The van der Waals surface area contributed by atoms with Gasteiger partial charge in [0.15, 0.2) is 0 Å². The average Bonchev–Trinajstić information content (AvgIpc) is 2.79. The zero-order chi connectivity index (χ0) is 21.2. The van der Waals surface area contributed by atoms with E-state index in [2.05, 4.69) is 25.5 Å². The van der Waals surface area contributed by atoms with Gasteiger partial charge in [0.2, 0.25) is 0 Å². The van der Waals surface area contributed by atoms with Gasteiger partial charge >= 0.3 is 6.03 Å². The average molecular weight is 413 g/mol. The smallest absolute Gasteiger partial charge is 0.323 e. The molecule has 0 bridgehead atoms. The first kappa shape index (κ1) is 19.0. The zero-order valence-corrected chi connectivity index (χ0v) is 16.7. The van der Waals surface area contributed by atoms with Crippen LogP contribution in [0.2, 0.25) is 0 Å². The number of nitrogens with zero attached hydrogens (tertiary/aromatic N) is 3. The number of hydrogen-bond acceptors (Lipinski definition) is 4. The molecule has 0 aliphatic carbocycles. The SMILES string of the molecule is O=C(Nc1ccccc1)Nc1cccc2c1CCN(c1ncnc3ccc(F)cc13)C2. The molecule has 31 heavy (non-hydrogen) atoms. The van der Waals surface area contributed by atoms with Gasteiger partial charge in [0.05, 0.1) is 5.52 Å². The third-order valence-corrected chi connectivity index (χ3v) is 5.42. The summed E-state index contributed by atoms with van der Waals surface area (Å²) >= 11 is 0. The van der Waals surface area contributed by atoms with Gasteiger partial charge in [0.1, 0.15) is 18.0 Å². The van der Waals surface area contributed by atoms with Crippen LogP contribution in [0.15, 0.2) is 73.1 Å². The number of anilines is 3. The summed E-state index contributed by atoms with van der Waals surface area (Å²) in [6, 6.07) is 19.5. The quantitative estimate of drug-likeness (QED) is 0.497. The fraction of sp³-hybridized carbons (Fsp3) is 0.125. The van der Waals surface area contributed by atoms with Crippen molar-refractivity contribution in [3.8, 4) is 0 Å². The Morgan fingerprint density at radius 3 is 2.71 bits per heavy atom. The van der Waals surface area contributed by atoms with Crippen LogP contribution in [-0.4, -0.2) is 22.5 Å². The molecule has 0 fully saturated rings. The van der Waals surface area contributed by atoms with E-state index in [1.807, 2.05) is 48.5 Å². The number of benzene rings is 3. The van der Waals surface area contributed by atoms with Crippen LogP contribution in [0.4, 0.5) is 26.4 Å². The number of fused-ring (bicyclic) bond motifs is 2. The molecule has 1 aliphatic heterocycles. The van der Waals surface area contributed by atoms with Gasteiger partial charge < -0.3 is 15.5 Å². The van der Waals surface area contributed by atoms with Crippen LogP contribution in [-0.2, 0) is 13.0 Å². The van der Waals surface area contributed by atoms with Crippen LogP contribution in [0.1, 0.15) is 11.1 Å². The molecule has 2 heterocycles. The van der Waals surface area contributed by atoms with E-state index in [0.29, 0.717) is 24.0 Å². The highest BCUT2D eigenvalue weighted by atomic mass is 19.1. The fourth-order valence-electron chi connectivity index (χ4n) is 3.98. The molecule has 1 aliphatic rings. The van der Waals surface area contributed by atoms with E-state index in [9.17, 15) is 9.18 Å². The Morgan fingerprint density at radius 2 is 1.84 bits per heavy atom. The second-order valence-corrected chi connectivity index (χ2v) is 7.42. The van der Waals surface area contributed by atoms with Crippen LogP contribution in [0.3, 0.4) is 0 Å². The van der Waals surface area contributed by atoms with Crippen LogP contribution < -0.4 is 15.5 Å². The Bertz CT molecular complexity index is 1260. The van der Waals surface area contributed by atoms with Gasteiger partial charge in [-0.05, 0) is 53.9 Å². The standard InChI is InChI=1S/C24H20FN5O/c25-17-9-10-21-20(13-17)23(27-15-26-21)30-12-11-19-16(14-30)5-4-8-22(19)29-24(31)28-18-6-2-1-3-7-18/h1-10,13,15H,11-12,14H2,(H2,28,29,31). The minimum atomic E-state index is -0.308. The minimum Gasteiger partial charge on any atom is -0.351 e. The number of halogens is 1. The largest absolute Gasteiger partial charge is 0.351 e. The Kier molecular flexibility index (Phi) is 4.92. The summed E-state index contributed by atoms with van der Waals surface area (Å²) in [6.45, 7) is 1.32. The number of aromatic nitrogens is 2. The highest BCUT2D eigenvalue weighted by Crippen LogP contribution is 2.31. The molecule has 0 spiro atoms.